The molecule has 0 amide bonds. The van der Waals surface area contributed by atoms with Crippen molar-refractivity contribution < 1.29 is 4.74 Å². The molecule has 1 aliphatic carbocycles. The summed E-state index contributed by atoms with van der Waals surface area (Å²) in [6, 6.07) is 0.687. The van der Waals surface area contributed by atoms with Crippen LogP contribution in [0.2, 0.25) is 0 Å². The number of rotatable bonds is 5. The molecule has 114 valence electrons. The van der Waals surface area contributed by atoms with Crippen LogP contribution in [0.1, 0.15) is 73.6 Å². The summed E-state index contributed by atoms with van der Waals surface area (Å²) in [6.45, 7) is 15.4. The molecule has 0 heterocycles. The second kappa shape index (κ2) is 7.08. The molecule has 2 unspecified atom stereocenters. The van der Waals surface area contributed by atoms with Crippen LogP contribution in [-0.4, -0.2) is 24.8 Å². The average molecular weight is 269 g/mol. The van der Waals surface area contributed by atoms with Gasteiger partial charge in [-0.3, -0.25) is 0 Å². The lowest BCUT2D eigenvalue weighted by Crippen LogP contribution is -2.42. The summed E-state index contributed by atoms with van der Waals surface area (Å²) < 4.78 is 5.76. The Morgan fingerprint density at radius 3 is 2.26 bits per heavy atom. The smallest absolute Gasteiger partial charge is 0.0750 e. The van der Waals surface area contributed by atoms with Gasteiger partial charge in [-0.05, 0) is 57.8 Å². The van der Waals surface area contributed by atoms with E-state index in [1.807, 2.05) is 0 Å². The van der Waals surface area contributed by atoms with E-state index < -0.39 is 0 Å². The lowest BCUT2D eigenvalue weighted by molar-refractivity contribution is -0.0109. The van der Waals surface area contributed by atoms with E-state index in [0.29, 0.717) is 11.5 Å². The summed E-state index contributed by atoms with van der Waals surface area (Å²) >= 11 is 0. The molecule has 2 heteroatoms. The van der Waals surface area contributed by atoms with Crippen LogP contribution in [-0.2, 0) is 4.74 Å². The molecule has 1 fully saturated rings. The molecule has 0 bridgehead atoms. The van der Waals surface area contributed by atoms with Gasteiger partial charge in [-0.2, -0.15) is 0 Å². The Hall–Kier alpha value is -0.0800. The Bertz CT molecular complexity index is 254. The van der Waals surface area contributed by atoms with Crippen molar-refractivity contribution in [2.24, 2.45) is 11.3 Å². The van der Waals surface area contributed by atoms with Crippen LogP contribution in [0.25, 0.3) is 0 Å². The third-order valence-electron chi connectivity index (χ3n) is 4.55. The minimum atomic E-state index is -0.0372. The standard InChI is InChI=1S/C17H35NO/c1-7-19-17(5,6)13-18-15-10-8-9-14(11-12-15)16(2,3)4/h14-15,18H,7-13H2,1-6H3. The summed E-state index contributed by atoms with van der Waals surface area (Å²) in [6.07, 6.45) is 6.79. The molecule has 0 spiro atoms. The molecular formula is C17H35NO. The predicted molar refractivity (Wildman–Crippen MR) is 83.5 cm³/mol. The molecule has 0 saturated heterocycles. The minimum absolute atomic E-state index is 0.0372. The Labute approximate surface area is 120 Å². The second-order valence-electron chi connectivity index (χ2n) is 7.84. The van der Waals surface area contributed by atoms with Crippen molar-refractivity contribution in [3.8, 4) is 0 Å². The second-order valence-corrected chi connectivity index (χ2v) is 7.84. The van der Waals surface area contributed by atoms with Gasteiger partial charge in [0.1, 0.15) is 0 Å². The monoisotopic (exact) mass is 269 g/mol. The van der Waals surface area contributed by atoms with E-state index in [-0.39, 0.29) is 5.60 Å². The first-order chi connectivity index (χ1) is 8.74. The highest BCUT2D eigenvalue weighted by atomic mass is 16.5. The first-order valence-electron chi connectivity index (χ1n) is 8.12. The number of hydrogen-bond acceptors (Lipinski definition) is 2. The van der Waals surface area contributed by atoms with Gasteiger partial charge in [-0.15, -0.1) is 0 Å². The molecule has 2 nitrogen and oxygen atoms in total. The van der Waals surface area contributed by atoms with Crippen molar-refractivity contribution in [3.63, 3.8) is 0 Å². The third kappa shape index (κ3) is 6.27. The van der Waals surface area contributed by atoms with Crippen LogP contribution in [0.15, 0.2) is 0 Å². The zero-order valence-electron chi connectivity index (χ0n) is 14.0. The van der Waals surface area contributed by atoms with Crippen molar-refractivity contribution in [1.82, 2.24) is 5.32 Å². The Morgan fingerprint density at radius 1 is 1.00 bits per heavy atom. The maximum Gasteiger partial charge on any atom is 0.0750 e. The van der Waals surface area contributed by atoms with Crippen molar-refractivity contribution >= 4 is 0 Å². The average Bonchev–Trinajstić information content (AvgIpc) is 2.51. The molecule has 0 radical (unpaired) electrons. The van der Waals surface area contributed by atoms with Crippen LogP contribution in [0.5, 0.6) is 0 Å². The van der Waals surface area contributed by atoms with Gasteiger partial charge in [-0.1, -0.05) is 27.2 Å². The summed E-state index contributed by atoms with van der Waals surface area (Å²) in [7, 11) is 0. The van der Waals surface area contributed by atoms with Crippen LogP contribution in [0, 0.1) is 11.3 Å². The fourth-order valence-corrected chi connectivity index (χ4v) is 3.20. The fourth-order valence-electron chi connectivity index (χ4n) is 3.20. The Morgan fingerprint density at radius 2 is 1.68 bits per heavy atom. The number of hydrogen-bond donors (Lipinski definition) is 1. The number of nitrogens with one attached hydrogen (secondary N) is 1. The van der Waals surface area contributed by atoms with E-state index in [9.17, 15) is 0 Å². The van der Waals surface area contributed by atoms with Gasteiger partial charge in [0, 0.05) is 19.2 Å². The van der Waals surface area contributed by atoms with Gasteiger partial charge in [0.15, 0.2) is 0 Å². The molecule has 0 aromatic carbocycles. The van der Waals surface area contributed by atoms with Gasteiger partial charge >= 0.3 is 0 Å². The SMILES string of the molecule is CCOC(C)(C)CNC1CCCC(C(C)(C)C)CC1. The van der Waals surface area contributed by atoms with Gasteiger partial charge in [-0.25, -0.2) is 0 Å². The van der Waals surface area contributed by atoms with E-state index in [0.717, 1.165) is 19.1 Å². The van der Waals surface area contributed by atoms with E-state index in [1.54, 1.807) is 0 Å². The van der Waals surface area contributed by atoms with Crippen molar-refractivity contribution in [2.45, 2.75) is 85.3 Å². The quantitative estimate of drug-likeness (QED) is 0.748. The van der Waals surface area contributed by atoms with Crippen molar-refractivity contribution in [1.29, 1.82) is 0 Å². The molecule has 1 N–H and O–H groups in total. The van der Waals surface area contributed by atoms with Crippen molar-refractivity contribution in [2.75, 3.05) is 13.2 Å². The molecule has 1 saturated carbocycles. The lowest BCUT2D eigenvalue weighted by Gasteiger charge is -2.30. The van der Waals surface area contributed by atoms with Gasteiger partial charge in [0.05, 0.1) is 5.60 Å². The highest BCUT2D eigenvalue weighted by Crippen LogP contribution is 2.36. The zero-order valence-corrected chi connectivity index (χ0v) is 14.0. The summed E-state index contributed by atoms with van der Waals surface area (Å²) in [4.78, 5) is 0. The topological polar surface area (TPSA) is 21.3 Å². The molecular weight excluding hydrogens is 234 g/mol. The number of ether oxygens (including phenoxy) is 1. The highest BCUT2D eigenvalue weighted by Gasteiger charge is 2.28. The largest absolute Gasteiger partial charge is 0.375 e. The maximum absolute atomic E-state index is 5.76. The van der Waals surface area contributed by atoms with Gasteiger partial charge in [0.2, 0.25) is 0 Å². The molecule has 0 aliphatic heterocycles. The van der Waals surface area contributed by atoms with Crippen LogP contribution in [0.3, 0.4) is 0 Å². The molecule has 1 rings (SSSR count). The summed E-state index contributed by atoms with van der Waals surface area (Å²) in [5, 5.41) is 3.73. The van der Waals surface area contributed by atoms with E-state index in [2.05, 4.69) is 46.9 Å². The van der Waals surface area contributed by atoms with E-state index >= 15 is 0 Å². The molecule has 2 atom stereocenters. The summed E-state index contributed by atoms with van der Waals surface area (Å²) in [5.41, 5.74) is 0.434. The van der Waals surface area contributed by atoms with Crippen LogP contribution >= 0.6 is 0 Å². The van der Waals surface area contributed by atoms with Gasteiger partial charge < -0.3 is 10.1 Å². The van der Waals surface area contributed by atoms with E-state index in [1.165, 1.54) is 32.1 Å². The Balaban J connectivity index is 2.37. The summed E-state index contributed by atoms with van der Waals surface area (Å²) in [5.74, 6) is 0.888. The van der Waals surface area contributed by atoms with Crippen molar-refractivity contribution in [3.05, 3.63) is 0 Å². The Kier molecular flexibility index (Phi) is 6.32. The predicted octanol–water partition coefficient (Wildman–Crippen LogP) is 4.39. The highest BCUT2D eigenvalue weighted by molar-refractivity contribution is 4.83. The molecule has 19 heavy (non-hydrogen) atoms. The van der Waals surface area contributed by atoms with Gasteiger partial charge in [0.25, 0.3) is 0 Å². The van der Waals surface area contributed by atoms with E-state index in [4.69, 9.17) is 4.74 Å². The maximum atomic E-state index is 5.76. The van der Waals surface area contributed by atoms with Crippen LogP contribution in [0.4, 0.5) is 0 Å². The molecule has 1 aliphatic rings. The first-order valence-corrected chi connectivity index (χ1v) is 8.12. The first kappa shape index (κ1) is 17.0. The molecule has 0 aromatic rings. The normalized spacial score (nSPS) is 26.2. The van der Waals surface area contributed by atoms with Crippen LogP contribution < -0.4 is 5.32 Å². The third-order valence-corrected chi connectivity index (χ3v) is 4.55. The zero-order chi connectivity index (χ0) is 14.5. The fraction of sp³-hybridized carbons (Fsp3) is 1.00. The minimum Gasteiger partial charge on any atom is -0.375 e. The lowest BCUT2D eigenvalue weighted by atomic mass is 9.76. The molecule has 0 aromatic heterocycles.